The molecule has 176 valence electrons. The zero-order valence-electron chi connectivity index (χ0n) is 20.3. The van der Waals surface area contributed by atoms with E-state index in [0.717, 1.165) is 32.1 Å². The van der Waals surface area contributed by atoms with E-state index in [4.69, 9.17) is 9.47 Å². The molecule has 3 aliphatic carbocycles. The number of esters is 1. The third-order valence-corrected chi connectivity index (χ3v) is 9.33. The highest BCUT2D eigenvalue weighted by Gasteiger charge is 2.58. The van der Waals surface area contributed by atoms with Crippen LogP contribution >= 0.6 is 0 Å². The largest absolute Gasteiger partial charge is 0.463 e. The van der Waals surface area contributed by atoms with E-state index < -0.39 is 0 Å². The third kappa shape index (κ3) is 4.32. The predicted molar refractivity (Wildman–Crippen MR) is 125 cm³/mol. The number of aromatic nitrogens is 2. The molecule has 32 heavy (non-hydrogen) atoms. The van der Waals surface area contributed by atoms with Crippen LogP contribution in [0.3, 0.4) is 0 Å². The molecular weight excluding hydrogens is 400 g/mol. The molecule has 1 aromatic heterocycles. The van der Waals surface area contributed by atoms with Gasteiger partial charge in [0.15, 0.2) is 0 Å². The number of allylic oxidation sites excluding steroid dienone is 1. The average Bonchev–Trinajstić information content (AvgIpc) is 3.06. The first-order valence-electron chi connectivity index (χ1n) is 12.5. The van der Waals surface area contributed by atoms with Crippen molar-refractivity contribution >= 4 is 5.97 Å². The summed E-state index contributed by atoms with van der Waals surface area (Å²) in [5, 5.41) is 0. The standard InChI is InChI=1S/C27H40N2O3/c1-18-9-12-27(5,21(17-18)11-16-31-25-28-14-6-15-29-25)23-10-13-26(4)19(2)7-8-22(26)24(23)32-20(3)30/h6,14-15,18,21-24H,2,7-13,16-17H2,1,3-5H3/t18-,21-,22-,23-,24-,26+,27-/m0/s1. The molecule has 3 aliphatic rings. The number of nitrogens with zero attached hydrogens (tertiary/aromatic N) is 2. The Morgan fingerprint density at radius 1 is 1.16 bits per heavy atom. The minimum absolute atomic E-state index is 0.00946. The van der Waals surface area contributed by atoms with E-state index in [9.17, 15) is 4.79 Å². The van der Waals surface area contributed by atoms with Gasteiger partial charge < -0.3 is 9.47 Å². The number of ether oxygens (including phenoxy) is 2. The summed E-state index contributed by atoms with van der Waals surface area (Å²) in [5.41, 5.74) is 1.60. The van der Waals surface area contributed by atoms with Gasteiger partial charge in [-0.15, -0.1) is 0 Å². The molecule has 0 aliphatic heterocycles. The van der Waals surface area contributed by atoms with E-state index in [2.05, 4.69) is 37.3 Å². The van der Waals surface area contributed by atoms with Crippen molar-refractivity contribution in [3.63, 3.8) is 0 Å². The van der Waals surface area contributed by atoms with Crippen LogP contribution < -0.4 is 4.74 Å². The first-order valence-corrected chi connectivity index (χ1v) is 12.5. The summed E-state index contributed by atoms with van der Waals surface area (Å²) < 4.78 is 12.1. The summed E-state index contributed by atoms with van der Waals surface area (Å²) in [4.78, 5) is 20.6. The van der Waals surface area contributed by atoms with Gasteiger partial charge in [0.2, 0.25) is 0 Å². The normalized spacial score (nSPS) is 39.4. The molecule has 0 N–H and O–H groups in total. The Hall–Kier alpha value is -1.91. The molecule has 0 spiro atoms. The van der Waals surface area contributed by atoms with Crippen LogP contribution in [0.15, 0.2) is 30.6 Å². The van der Waals surface area contributed by atoms with E-state index in [1.54, 1.807) is 25.4 Å². The van der Waals surface area contributed by atoms with Gasteiger partial charge in [-0.3, -0.25) is 4.79 Å². The van der Waals surface area contributed by atoms with Gasteiger partial charge >= 0.3 is 12.0 Å². The number of hydrogen-bond acceptors (Lipinski definition) is 5. The first kappa shape index (κ1) is 23.3. The summed E-state index contributed by atoms with van der Waals surface area (Å²) in [6.45, 7) is 13.8. The Balaban J connectivity index is 1.55. The lowest BCUT2D eigenvalue weighted by Gasteiger charge is -2.56. The number of rotatable bonds is 6. The second-order valence-electron chi connectivity index (χ2n) is 11.1. The second kappa shape index (κ2) is 9.15. The summed E-state index contributed by atoms with van der Waals surface area (Å²) in [6, 6.07) is 2.25. The van der Waals surface area contributed by atoms with Crippen molar-refractivity contribution in [3.05, 3.63) is 30.6 Å². The molecule has 3 saturated carbocycles. The molecule has 0 amide bonds. The molecule has 5 heteroatoms. The fourth-order valence-electron chi connectivity index (χ4n) is 7.27. The molecular formula is C27H40N2O3. The zero-order valence-corrected chi connectivity index (χ0v) is 20.3. The lowest BCUT2D eigenvalue weighted by atomic mass is 9.51. The van der Waals surface area contributed by atoms with E-state index in [1.165, 1.54) is 24.8 Å². The maximum Gasteiger partial charge on any atom is 0.316 e. The molecule has 1 aromatic rings. The molecule has 0 unspecified atom stereocenters. The Morgan fingerprint density at radius 2 is 1.91 bits per heavy atom. The highest BCUT2D eigenvalue weighted by molar-refractivity contribution is 5.66. The lowest BCUT2D eigenvalue weighted by molar-refractivity contribution is -0.172. The summed E-state index contributed by atoms with van der Waals surface area (Å²) in [5.74, 6) is 1.89. The van der Waals surface area contributed by atoms with Gasteiger partial charge in [0, 0.05) is 31.2 Å². The fraction of sp³-hybridized carbons (Fsp3) is 0.741. The maximum atomic E-state index is 12.2. The minimum Gasteiger partial charge on any atom is -0.463 e. The van der Waals surface area contributed by atoms with Crippen molar-refractivity contribution in [3.8, 4) is 6.01 Å². The van der Waals surface area contributed by atoms with Gasteiger partial charge in [-0.1, -0.05) is 39.3 Å². The van der Waals surface area contributed by atoms with Gasteiger partial charge in [0.1, 0.15) is 6.10 Å². The molecule has 1 heterocycles. The van der Waals surface area contributed by atoms with Crippen LogP contribution in [-0.4, -0.2) is 28.6 Å². The molecule has 0 radical (unpaired) electrons. The number of carbonyl (C=O) groups excluding carboxylic acids is 1. The minimum atomic E-state index is -0.143. The number of fused-ring (bicyclic) bond motifs is 1. The molecule has 0 saturated heterocycles. The van der Waals surface area contributed by atoms with Crippen LogP contribution in [0.5, 0.6) is 6.01 Å². The fourth-order valence-corrected chi connectivity index (χ4v) is 7.27. The summed E-state index contributed by atoms with van der Waals surface area (Å²) in [7, 11) is 0. The van der Waals surface area contributed by atoms with Gasteiger partial charge in [-0.25, -0.2) is 9.97 Å². The highest BCUT2D eigenvalue weighted by Crippen LogP contribution is 2.62. The summed E-state index contributed by atoms with van der Waals surface area (Å²) in [6.07, 6.45) is 12.5. The highest BCUT2D eigenvalue weighted by atomic mass is 16.5. The predicted octanol–water partition coefficient (Wildman–Crippen LogP) is 6.00. The molecule has 0 bridgehead atoms. The smallest absolute Gasteiger partial charge is 0.316 e. The number of hydrogen-bond donors (Lipinski definition) is 0. The van der Waals surface area contributed by atoms with E-state index in [1.807, 2.05) is 0 Å². The van der Waals surface area contributed by atoms with Crippen LogP contribution in [0.1, 0.15) is 79.1 Å². The van der Waals surface area contributed by atoms with Crippen molar-refractivity contribution in [2.24, 2.45) is 34.5 Å². The molecule has 4 rings (SSSR count). The summed E-state index contributed by atoms with van der Waals surface area (Å²) >= 11 is 0. The SMILES string of the molecule is C=C1CC[C@H]2[C@H](OC(C)=O)[C@@H]([C@@]3(C)CC[C@H](C)C[C@@H]3CCOc3ncccn3)CC[C@]12C. The monoisotopic (exact) mass is 440 g/mol. The third-order valence-electron chi connectivity index (χ3n) is 9.33. The molecule has 7 atom stereocenters. The van der Waals surface area contributed by atoms with Crippen LogP contribution in [0, 0.1) is 34.5 Å². The second-order valence-corrected chi connectivity index (χ2v) is 11.1. The van der Waals surface area contributed by atoms with Crippen molar-refractivity contribution < 1.29 is 14.3 Å². The Bertz CT molecular complexity index is 827. The molecule has 5 nitrogen and oxygen atoms in total. The van der Waals surface area contributed by atoms with E-state index >= 15 is 0 Å². The Morgan fingerprint density at radius 3 is 2.62 bits per heavy atom. The maximum absolute atomic E-state index is 12.2. The van der Waals surface area contributed by atoms with E-state index in [0.29, 0.717) is 36.3 Å². The average molecular weight is 441 g/mol. The van der Waals surface area contributed by atoms with Gasteiger partial charge in [0.25, 0.3) is 0 Å². The van der Waals surface area contributed by atoms with Crippen LogP contribution in [0.4, 0.5) is 0 Å². The quantitative estimate of drug-likeness (QED) is 0.401. The van der Waals surface area contributed by atoms with Crippen molar-refractivity contribution in [2.75, 3.05) is 6.61 Å². The Kier molecular flexibility index (Phi) is 6.65. The first-order chi connectivity index (χ1) is 15.2. The van der Waals surface area contributed by atoms with Crippen LogP contribution in [0.2, 0.25) is 0 Å². The van der Waals surface area contributed by atoms with Crippen molar-refractivity contribution in [2.45, 2.75) is 85.2 Å². The van der Waals surface area contributed by atoms with Crippen LogP contribution in [-0.2, 0) is 9.53 Å². The van der Waals surface area contributed by atoms with Gasteiger partial charge in [-0.05, 0) is 73.7 Å². The van der Waals surface area contributed by atoms with Crippen LogP contribution in [0.25, 0.3) is 0 Å². The molecule has 0 aromatic carbocycles. The lowest BCUT2D eigenvalue weighted by Crippen LogP contribution is -2.53. The number of carbonyl (C=O) groups is 1. The molecule has 3 fully saturated rings. The van der Waals surface area contributed by atoms with Gasteiger partial charge in [0.05, 0.1) is 6.61 Å². The van der Waals surface area contributed by atoms with Crippen molar-refractivity contribution in [1.82, 2.24) is 9.97 Å². The Labute approximate surface area is 193 Å². The topological polar surface area (TPSA) is 61.3 Å². The van der Waals surface area contributed by atoms with Crippen molar-refractivity contribution in [1.29, 1.82) is 0 Å². The zero-order chi connectivity index (χ0) is 22.9. The van der Waals surface area contributed by atoms with E-state index in [-0.39, 0.29) is 22.9 Å². The van der Waals surface area contributed by atoms with Gasteiger partial charge in [-0.2, -0.15) is 0 Å².